The van der Waals surface area contributed by atoms with Crippen molar-refractivity contribution in [3.63, 3.8) is 0 Å². The Kier molecular flexibility index (Phi) is 5.22. The molecule has 2 aliphatic rings. The van der Waals surface area contributed by atoms with Crippen LogP contribution in [0.5, 0.6) is 0 Å². The van der Waals surface area contributed by atoms with E-state index in [1.54, 1.807) is 0 Å². The van der Waals surface area contributed by atoms with E-state index in [0.717, 1.165) is 28.9 Å². The lowest BCUT2D eigenvalue weighted by Crippen LogP contribution is -2.13. The molecule has 2 heterocycles. The molecule has 1 aliphatic carbocycles. The first-order valence-corrected chi connectivity index (χ1v) is 15.3. The van der Waals surface area contributed by atoms with Crippen molar-refractivity contribution in [3.8, 4) is 11.1 Å². The van der Waals surface area contributed by atoms with Gasteiger partial charge in [-0.3, -0.25) is 0 Å². The number of benzene rings is 6. The third-order valence-electron chi connectivity index (χ3n) is 8.87. The molecule has 0 saturated carbocycles. The van der Waals surface area contributed by atoms with Crippen molar-refractivity contribution in [1.82, 2.24) is 0 Å². The van der Waals surface area contributed by atoms with E-state index in [1.807, 2.05) is 11.3 Å². The van der Waals surface area contributed by atoms with Crippen LogP contribution in [0.3, 0.4) is 0 Å². The zero-order valence-electron chi connectivity index (χ0n) is 22.8. The molecule has 1 atom stereocenters. The lowest BCUT2D eigenvalue weighted by Gasteiger charge is -2.31. The summed E-state index contributed by atoms with van der Waals surface area (Å²) in [6.45, 7) is 0. The topological polar surface area (TPSA) is 12.4 Å². The maximum Gasteiger partial charge on any atom is 0.0786 e. The third-order valence-corrected chi connectivity index (χ3v) is 10.1. The number of hydrogen-bond acceptors (Lipinski definition) is 2. The molecule has 0 radical (unpaired) electrons. The number of nitrogens with zero attached hydrogens (tertiary/aromatic N) is 1. The van der Waals surface area contributed by atoms with Gasteiger partial charge in [-0.25, -0.2) is 4.99 Å². The summed E-state index contributed by atoms with van der Waals surface area (Å²) < 4.78 is 2.72. The van der Waals surface area contributed by atoms with Gasteiger partial charge in [-0.2, -0.15) is 0 Å². The van der Waals surface area contributed by atoms with E-state index >= 15 is 0 Å². The maximum absolute atomic E-state index is 5.18. The van der Waals surface area contributed by atoms with Gasteiger partial charge in [0.1, 0.15) is 0 Å². The summed E-state index contributed by atoms with van der Waals surface area (Å²) in [7, 11) is 0. The van der Waals surface area contributed by atoms with Crippen LogP contribution in [0.4, 0.5) is 5.69 Å². The molecular weight excluding hydrogens is 527 g/mol. The molecule has 0 N–H and O–H groups in total. The van der Waals surface area contributed by atoms with E-state index in [-0.39, 0.29) is 5.92 Å². The van der Waals surface area contributed by atoms with Gasteiger partial charge in [0.05, 0.1) is 11.4 Å². The molecule has 1 aliphatic heterocycles. The Morgan fingerprint density at radius 1 is 0.643 bits per heavy atom. The third kappa shape index (κ3) is 3.53. The molecule has 1 nitrogen and oxygen atoms in total. The second-order valence-corrected chi connectivity index (χ2v) is 12.2. The number of aliphatic imine (C=N–C) groups is 1. The van der Waals surface area contributed by atoms with Crippen molar-refractivity contribution in [1.29, 1.82) is 0 Å². The Labute approximate surface area is 248 Å². The van der Waals surface area contributed by atoms with Crippen LogP contribution in [0.2, 0.25) is 0 Å². The Bertz CT molecular complexity index is 2310. The molecule has 9 rings (SSSR count). The molecule has 0 amide bonds. The molecule has 42 heavy (non-hydrogen) atoms. The van der Waals surface area contributed by atoms with Crippen LogP contribution in [-0.4, -0.2) is 5.71 Å². The minimum absolute atomic E-state index is 0.136. The number of rotatable bonds is 2. The van der Waals surface area contributed by atoms with E-state index in [9.17, 15) is 0 Å². The van der Waals surface area contributed by atoms with E-state index in [4.69, 9.17) is 4.99 Å². The van der Waals surface area contributed by atoms with E-state index in [0.29, 0.717) is 0 Å². The van der Waals surface area contributed by atoms with Crippen molar-refractivity contribution in [2.75, 3.05) is 0 Å². The quantitative estimate of drug-likeness (QED) is 0.190. The Morgan fingerprint density at radius 3 is 2.33 bits per heavy atom. The summed E-state index contributed by atoms with van der Waals surface area (Å²) in [6.07, 6.45) is 3.03. The van der Waals surface area contributed by atoms with Crippen molar-refractivity contribution in [2.45, 2.75) is 12.3 Å². The molecule has 0 fully saturated rings. The van der Waals surface area contributed by atoms with Gasteiger partial charge in [0.2, 0.25) is 0 Å². The summed E-state index contributed by atoms with van der Waals surface area (Å²) in [5.41, 5.74) is 14.7. The fraction of sp³-hybridized carbons (Fsp3) is 0.0500. The standard InChI is InChI=1S/C40H25NS/c1-2-10-25(11-3-1)35-23-22-29(30-14-6-8-16-36(30)41-35)34-24-27-12-4-5-13-28(27)32-20-18-26-19-21-33-31-15-7-9-17-37(31)42-40(33)38(26)39(32)34/h1-21,23,34H,24H2. The van der Waals surface area contributed by atoms with Crippen LogP contribution >= 0.6 is 11.3 Å². The molecule has 2 heteroatoms. The highest BCUT2D eigenvalue weighted by atomic mass is 32.1. The van der Waals surface area contributed by atoms with Crippen molar-refractivity contribution >= 4 is 59.3 Å². The molecule has 1 unspecified atom stereocenters. The highest BCUT2D eigenvalue weighted by molar-refractivity contribution is 7.26. The van der Waals surface area contributed by atoms with E-state index in [2.05, 4.69) is 139 Å². The molecule has 0 bridgehead atoms. The smallest absolute Gasteiger partial charge is 0.0786 e. The molecule has 0 spiro atoms. The van der Waals surface area contributed by atoms with Gasteiger partial charge in [0.15, 0.2) is 0 Å². The van der Waals surface area contributed by atoms with Gasteiger partial charge < -0.3 is 0 Å². The van der Waals surface area contributed by atoms with Crippen LogP contribution in [-0.2, 0) is 6.42 Å². The Balaban J connectivity index is 1.38. The molecule has 7 aromatic rings. The summed E-state index contributed by atoms with van der Waals surface area (Å²) in [6, 6.07) is 46.1. The predicted molar refractivity (Wildman–Crippen MR) is 179 cm³/mol. The zero-order valence-corrected chi connectivity index (χ0v) is 23.7. The number of allylic oxidation sites excluding steroid dienone is 1. The molecule has 6 aromatic carbocycles. The molecular formula is C40H25NS. The predicted octanol–water partition coefficient (Wildman–Crippen LogP) is 10.9. The van der Waals surface area contributed by atoms with Crippen molar-refractivity contribution in [3.05, 3.63) is 161 Å². The average Bonchev–Trinajstić information content (AvgIpc) is 3.32. The largest absolute Gasteiger partial charge is 0.247 e. The van der Waals surface area contributed by atoms with Gasteiger partial charge in [-0.15, -0.1) is 17.1 Å². The Morgan fingerprint density at radius 2 is 1.40 bits per heavy atom. The highest BCUT2D eigenvalue weighted by Gasteiger charge is 2.32. The van der Waals surface area contributed by atoms with Gasteiger partial charge in [-0.05, 0) is 46.2 Å². The van der Waals surface area contributed by atoms with E-state index < -0.39 is 0 Å². The van der Waals surface area contributed by atoms with Gasteiger partial charge >= 0.3 is 0 Å². The van der Waals surface area contributed by atoms with Crippen LogP contribution in [0.1, 0.15) is 28.2 Å². The molecule has 0 saturated heterocycles. The van der Waals surface area contributed by atoms with Crippen molar-refractivity contribution in [2.24, 2.45) is 4.99 Å². The number of fused-ring (bicyclic) bond motifs is 10. The summed E-state index contributed by atoms with van der Waals surface area (Å²) >= 11 is 1.92. The van der Waals surface area contributed by atoms with Crippen LogP contribution in [0, 0.1) is 0 Å². The van der Waals surface area contributed by atoms with Gasteiger partial charge in [-0.1, -0.05) is 115 Å². The highest BCUT2D eigenvalue weighted by Crippen LogP contribution is 2.52. The van der Waals surface area contributed by atoms with E-state index in [1.165, 1.54) is 58.8 Å². The zero-order chi connectivity index (χ0) is 27.6. The summed E-state index contributed by atoms with van der Waals surface area (Å²) in [5.74, 6) is 0.136. The Hall–Kier alpha value is -5.01. The lowest BCUT2D eigenvalue weighted by molar-refractivity contribution is 0.850. The molecule has 196 valence electrons. The number of thiophene rings is 1. The lowest BCUT2D eigenvalue weighted by atomic mass is 9.72. The first-order valence-electron chi connectivity index (χ1n) is 14.5. The fourth-order valence-corrected chi connectivity index (χ4v) is 8.25. The monoisotopic (exact) mass is 551 g/mol. The second-order valence-electron chi connectivity index (χ2n) is 11.2. The summed E-state index contributed by atoms with van der Waals surface area (Å²) in [5, 5.41) is 5.36. The van der Waals surface area contributed by atoms with Crippen LogP contribution in [0.25, 0.3) is 47.6 Å². The average molecular weight is 552 g/mol. The minimum Gasteiger partial charge on any atom is -0.247 e. The normalized spacial score (nSPS) is 15.6. The summed E-state index contributed by atoms with van der Waals surface area (Å²) in [4.78, 5) is 5.18. The SMILES string of the molecule is C1=CC(c2ccccc2)=Nc2ccccc2C=1C1Cc2ccccc2-c2ccc3ccc4c5ccccc5sc4c3c21. The first-order chi connectivity index (χ1) is 20.8. The minimum atomic E-state index is 0.136. The van der Waals surface area contributed by atoms with Gasteiger partial charge in [0, 0.05) is 54.3 Å². The van der Waals surface area contributed by atoms with Gasteiger partial charge in [0.25, 0.3) is 0 Å². The number of hydrogen-bond donors (Lipinski definition) is 0. The van der Waals surface area contributed by atoms with Crippen molar-refractivity contribution < 1.29 is 0 Å². The van der Waals surface area contributed by atoms with Crippen LogP contribution < -0.4 is 0 Å². The maximum atomic E-state index is 5.18. The van der Waals surface area contributed by atoms with Crippen LogP contribution in [0.15, 0.2) is 144 Å². The molecule has 1 aromatic heterocycles. The number of para-hydroxylation sites is 1. The first kappa shape index (κ1) is 23.7. The second kappa shape index (κ2) is 9.26. The fourth-order valence-electron chi connectivity index (χ4n) is 6.97.